The molecule has 18 heavy (non-hydrogen) atoms. The van der Waals surface area contributed by atoms with Crippen LogP contribution < -0.4 is 5.32 Å². The molecular weight excluding hydrogens is 325 g/mol. The smallest absolute Gasteiger partial charge is 0.404 e. The fourth-order valence-electron chi connectivity index (χ4n) is 1.40. The third-order valence-electron chi connectivity index (χ3n) is 2.46. The van der Waals surface area contributed by atoms with Gasteiger partial charge in [0.15, 0.2) is 6.29 Å². The Morgan fingerprint density at radius 2 is 2.28 bits per heavy atom. The van der Waals surface area contributed by atoms with Crippen molar-refractivity contribution in [1.29, 1.82) is 0 Å². The van der Waals surface area contributed by atoms with Gasteiger partial charge in [0.05, 0.1) is 12.6 Å². The molecule has 0 aliphatic rings. The number of nitrogens with zero attached hydrogens (tertiary/aromatic N) is 2. The van der Waals surface area contributed by atoms with E-state index in [-0.39, 0.29) is 29.2 Å². The zero-order chi connectivity index (χ0) is 13.9. The molecule has 0 aromatic carbocycles. The average Bonchev–Trinajstić information content (AvgIpc) is 2.55. The van der Waals surface area contributed by atoms with Crippen molar-refractivity contribution in [3.05, 3.63) is 15.3 Å². The van der Waals surface area contributed by atoms with Gasteiger partial charge < -0.3 is 10.4 Å². The normalized spacial score (nSPS) is 12.5. The lowest BCUT2D eigenvalue weighted by atomic mass is 10.1. The molecule has 1 aromatic rings. The predicted molar refractivity (Wildman–Crippen MR) is 70.1 cm³/mol. The number of aromatic nitrogens is 2. The number of halogens is 2. The van der Waals surface area contributed by atoms with E-state index >= 15 is 0 Å². The van der Waals surface area contributed by atoms with Crippen LogP contribution in [0.3, 0.4) is 0 Å². The minimum absolute atomic E-state index is 0.0793. The Labute approximate surface area is 117 Å². The second kappa shape index (κ2) is 6.19. The molecular formula is C10H13BrClN3O3. The highest BCUT2D eigenvalue weighted by atomic mass is 79.9. The summed E-state index contributed by atoms with van der Waals surface area (Å²) in [4.78, 5) is 21.4. The summed E-state index contributed by atoms with van der Waals surface area (Å²) in [6, 6.07) is -0.325. The molecule has 1 amide bonds. The number of carbonyl (C=O) groups excluding carboxylic acids is 1. The summed E-state index contributed by atoms with van der Waals surface area (Å²) < 4.78 is 1.93. The maximum atomic E-state index is 10.7. The van der Waals surface area contributed by atoms with Crippen LogP contribution in [-0.4, -0.2) is 33.3 Å². The predicted octanol–water partition coefficient (Wildman–Crippen LogP) is 2.40. The van der Waals surface area contributed by atoms with E-state index in [4.69, 9.17) is 16.7 Å². The van der Waals surface area contributed by atoms with E-state index in [0.29, 0.717) is 10.9 Å². The van der Waals surface area contributed by atoms with E-state index in [9.17, 15) is 9.59 Å². The van der Waals surface area contributed by atoms with Gasteiger partial charge in [0.25, 0.3) is 0 Å². The Kier molecular flexibility index (Phi) is 5.15. The van der Waals surface area contributed by atoms with E-state index in [1.165, 1.54) is 4.68 Å². The zero-order valence-corrected chi connectivity index (χ0v) is 12.2. The van der Waals surface area contributed by atoms with Gasteiger partial charge in [0.2, 0.25) is 0 Å². The van der Waals surface area contributed by atoms with Crippen LogP contribution in [0.25, 0.3) is 0 Å². The number of carboxylic acid groups (broad SMARTS) is 1. The van der Waals surface area contributed by atoms with Crippen molar-refractivity contribution in [2.45, 2.75) is 26.4 Å². The molecule has 0 saturated heterocycles. The highest BCUT2D eigenvalue weighted by Gasteiger charge is 2.20. The first-order chi connectivity index (χ1) is 8.36. The molecule has 100 valence electrons. The van der Waals surface area contributed by atoms with Gasteiger partial charge in [0.1, 0.15) is 15.3 Å². The lowest BCUT2D eigenvalue weighted by Crippen LogP contribution is -2.41. The van der Waals surface area contributed by atoms with Gasteiger partial charge in [-0.1, -0.05) is 25.4 Å². The van der Waals surface area contributed by atoms with Crippen molar-refractivity contribution in [3.8, 4) is 0 Å². The molecule has 2 N–H and O–H groups in total. The van der Waals surface area contributed by atoms with E-state index in [2.05, 4.69) is 26.3 Å². The first-order valence-corrected chi connectivity index (χ1v) is 6.40. The SMILES string of the molecule is CC(C)C(Cn1nc(C=O)c(Cl)c1Br)NC(=O)O. The molecule has 0 spiro atoms. The summed E-state index contributed by atoms with van der Waals surface area (Å²) in [5, 5.41) is 15.4. The second-order valence-corrected chi connectivity index (χ2v) is 5.22. The Morgan fingerprint density at radius 3 is 2.67 bits per heavy atom. The molecule has 0 aliphatic heterocycles. The molecule has 1 unspecified atom stereocenters. The summed E-state index contributed by atoms with van der Waals surface area (Å²) in [5.41, 5.74) is 0.126. The average molecular weight is 339 g/mol. The van der Waals surface area contributed by atoms with Crippen molar-refractivity contribution in [2.75, 3.05) is 0 Å². The molecule has 0 radical (unpaired) electrons. The molecule has 1 heterocycles. The summed E-state index contributed by atoms with van der Waals surface area (Å²) in [6.45, 7) is 4.07. The lowest BCUT2D eigenvalue weighted by molar-refractivity contribution is 0.111. The topological polar surface area (TPSA) is 84.2 Å². The summed E-state index contributed by atoms with van der Waals surface area (Å²) >= 11 is 9.10. The van der Waals surface area contributed by atoms with Crippen LogP contribution in [0.2, 0.25) is 5.02 Å². The van der Waals surface area contributed by atoms with Crippen LogP contribution in [-0.2, 0) is 6.54 Å². The largest absolute Gasteiger partial charge is 0.465 e. The molecule has 1 atom stereocenters. The van der Waals surface area contributed by atoms with Gasteiger partial charge in [-0.2, -0.15) is 5.10 Å². The number of carbonyl (C=O) groups is 2. The first-order valence-electron chi connectivity index (χ1n) is 5.23. The van der Waals surface area contributed by atoms with Crippen LogP contribution in [0.1, 0.15) is 24.3 Å². The van der Waals surface area contributed by atoms with E-state index in [1.807, 2.05) is 13.8 Å². The maximum absolute atomic E-state index is 10.7. The Balaban J connectivity index is 2.93. The molecule has 8 heteroatoms. The number of amides is 1. The first kappa shape index (κ1) is 15.0. The van der Waals surface area contributed by atoms with Crippen LogP contribution in [0.5, 0.6) is 0 Å². The molecule has 0 aliphatic carbocycles. The van der Waals surface area contributed by atoms with Crippen LogP contribution >= 0.6 is 27.5 Å². The molecule has 1 rings (SSSR count). The number of hydrogen-bond donors (Lipinski definition) is 2. The van der Waals surface area contributed by atoms with Gasteiger partial charge in [-0.05, 0) is 21.8 Å². The summed E-state index contributed by atoms with van der Waals surface area (Å²) in [6.07, 6.45) is -0.544. The molecule has 0 bridgehead atoms. The standard InChI is InChI=1S/C10H13BrClN3O3/c1-5(2)6(13-10(17)18)3-15-9(11)8(12)7(4-16)14-15/h4-6,13H,3H2,1-2H3,(H,17,18). The van der Waals surface area contributed by atoms with E-state index in [1.54, 1.807) is 0 Å². The van der Waals surface area contributed by atoms with Crippen molar-refractivity contribution in [1.82, 2.24) is 15.1 Å². The fraction of sp³-hybridized carbons (Fsp3) is 0.500. The quantitative estimate of drug-likeness (QED) is 0.807. The van der Waals surface area contributed by atoms with E-state index in [0.717, 1.165) is 0 Å². The monoisotopic (exact) mass is 337 g/mol. The number of nitrogens with one attached hydrogen (secondary N) is 1. The highest BCUT2D eigenvalue weighted by Crippen LogP contribution is 2.25. The second-order valence-electron chi connectivity index (χ2n) is 4.09. The van der Waals surface area contributed by atoms with Crippen LogP contribution in [0.15, 0.2) is 4.60 Å². The Bertz CT molecular complexity index is 461. The number of aldehydes is 1. The van der Waals surface area contributed by atoms with Crippen molar-refractivity contribution >= 4 is 39.9 Å². The van der Waals surface area contributed by atoms with Gasteiger partial charge in [-0.25, -0.2) is 4.79 Å². The van der Waals surface area contributed by atoms with Gasteiger partial charge in [-0.3, -0.25) is 9.48 Å². The molecule has 0 fully saturated rings. The minimum Gasteiger partial charge on any atom is -0.465 e. The number of rotatable bonds is 5. The summed E-state index contributed by atoms with van der Waals surface area (Å²) in [5.74, 6) is 0.0793. The molecule has 6 nitrogen and oxygen atoms in total. The van der Waals surface area contributed by atoms with Gasteiger partial charge in [0, 0.05) is 0 Å². The lowest BCUT2D eigenvalue weighted by Gasteiger charge is -2.21. The minimum atomic E-state index is -1.10. The van der Waals surface area contributed by atoms with Crippen molar-refractivity contribution in [3.63, 3.8) is 0 Å². The summed E-state index contributed by atoms with van der Waals surface area (Å²) in [7, 11) is 0. The molecule has 1 aromatic heterocycles. The van der Waals surface area contributed by atoms with Crippen molar-refractivity contribution in [2.24, 2.45) is 5.92 Å². The van der Waals surface area contributed by atoms with Crippen molar-refractivity contribution < 1.29 is 14.7 Å². The van der Waals surface area contributed by atoms with Crippen LogP contribution in [0.4, 0.5) is 4.79 Å². The molecule has 0 saturated carbocycles. The van der Waals surface area contributed by atoms with Crippen LogP contribution in [0, 0.1) is 5.92 Å². The third-order valence-corrected chi connectivity index (χ3v) is 3.86. The van der Waals surface area contributed by atoms with E-state index < -0.39 is 6.09 Å². The zero-order valence-electron chi connectivity index (χ0n) is 9.85. The number of hydrogen-bond acceptors (Lipinski definition) is 3. The Hall–Kier alpha value is -1.08. The third kappa shape index (κ3) is 3.46. The highest BCUT2D eigenvalue weighted by molar-refractivity contribution is 9.10. The maximum Gasteiger partial charge on any atom is 0.404 e. The fourth-order valence-corrected chi connectivity index (χ4v) is 2.01. The van der Waals surface area contributed by atoms with Gasteiger partial charge >= 0.3 is 6.09 Å². The van der Waals surface area contributed by atoms with Gasteiger partial charge in [-0.15, -0.1) is 0 Å². The Morgan fingerprint density at radius 1 is 1.67 bits per heavy atom.